The van der Waals surface area contributed by atoms with Gasteiger partial charge in [0.1, 0.15) is 6.10 Å². The summed E-state index contributed by atoms with van der Waals surface area (Å²) < 4.78 is 1.83. The predicted molar refractivity (Wildman–Crippen MR) is 69.4 cm³/mol. The van der Waals surface area contributed by atoms with Crippen molar-refractivity contribution in [1.29, 1.82) is 0 Å². The molecule has 94 valence electrons. The maximum absolute atomic E-state index is 10.1. The van der Waals surface area contributed by atoms with Crippen LogP contribution in [0.25, 0.3) is 0 Å². The zero-order chi connectivity index (χ0) is 13.1. The minimum atomic E-state index is -0.550. The van der Waals surface area contributed by atoms with E-state index in [0.29, 0.717) is 6.42 Å². The maximum atomic E-state index is 10.1. The molecule has 17 heavy (non-hydrogen) atoms. The molecule has 0 aliphatic carbocycles. The zero-order valence-corrected chi connectivity index (χ0v) is 11.4. The van der Waals surface area contributed by atoms with E-state index in [4.69, 9.17) is 0 Å². The number of aromatic nitrogens is 2. The molecule has 1 atom stereocenters. The Labute approximate surface area is 104 Å². The molecule has 0 aromatic carbocycles. The summed E-state index contributed by atoms with van der Waals surface area (Å²) in [5.74, 6) is 6.17. The van der Waals surface area contributed by atoms with Gasteiger partial charge in [0, 0.05) is 18.4 Å². The first-order valence-electron chi connectivity index (χ1n) is 6.06. The Hall–Kier alpha value is -1.27. The third kappa shape index (κ3) is 4.24. The van der Waals surface area contributed by atoms with E-state index in [-0.39, 0.29) is 5.41 Å². The molecule has 1 N–H and O–H groups in total. The lowest BCUT2D eigenvalue weighted by Gasteiger charge is -2.10. The van der Waals surface area contributed by atoms with Crippen LogP contribution in [-0.2, 0) is 6.54 Å². The number of aliphatic hydroxyl groups excluding tert-OH is 1. The van der Waals surface area contributed by atoms with E-state index in [1.165, 1.54) is 0 Å². The average Bonchev–Trinajstić information content (AvgIpc) is 2.57. The van der Waals surface area contributed by atoms with Crippen LogP contribution in [0.1, 0.15) is 51.6 Å². The van der Waals surface area contributed by atoms with Gasteiger partial charge in [-0.05, 0) is 40.7 Å². The topological polar surface area (TPSA) is 38.0 Å². The molecular formula is C14H22N2O. The molecule has 0 amide bonds. The Morgan fingerprint density at radius 2 is 2.12 bits per heavy atom. The number of aliphatic hydroxyl groups is 1. The Morgan fingerprint density at radius 1 is 1.47 bits per heavy atom. The molecule has 3 heteroatoms. The van der Waals surface area contributed by atoms with Crippen LogP contribution in [0.5, 0.6) is 0 Å². The lowest BCUT2D eigenvalue weighted by Crippen LogP contribution is -2.07. The van der Waals surface area contributed by atoms with E-state index in [0.717, 1.165) is 17.9 Å². The number of aryl methyl sites for hydroxylation is 2. The van der Waals surface area contributed by atoms with Gasteiger partial charge >= 0.3 is 0 Å². The third-order valence-corrected chi connectivity index (χ3v) is 2.33. The van der Waals surface area contributed by atoms with Crippen molar-refractivity contribution in [3.63, 3.8) is 0 Å². The molecule has 1 heterocycles. The SMILES string of the molecule is CCn1nc(C)cc1C(O)CC#CC(C)(C)C. The standard InChI is InChI=1S/C14H22N2O/c1-6-16-12(10-11(2)15-16)13(17)8-7-9-14(3,4)5/h10,13,17H,6,8H2,1-5H3. The molecule has 3 nitrogen and oxygen atoms in total. The maximum Gasteiger partial charge on any atom is 0.106 e. The summed E-state index contributed by atoms with van der Waals surface area (Å²) in [6, 6.07) is 1.92. The fourth-order valence-electron chi connectivity index (χ4n) is 1.60. The van der Waals surface area contributed by atoms with Gasteiger partial charge in [-0.25, -0.2) is 0 Å². The van der Waals surface area contributed by atoms with Gasteiger partial charge in [0.15, 0.2) is 0 Å². The van der Waals surface area contributed by atoms with Crippen LogP contribution in [0.4, 0.5) is 0 Å². The van der Waals surface area contributed by atoms with E-state index in [2.05, 4.69) is 37.7 Å². The monoisotopic (exact) mass is 234 g/mol. The van der Waals surface area contributed by atoms with Crippen molar-refractivity contribution < 1.29 is 5.11 Å². The van der Waals surface area contributed by atoms with Crippen molar-refractivity contribution in [1.82, 2.24) is 9.78 Å². The molecule has 1 aromatic heterocycles. The van der Waals surface area contributed by atoms with Gasteiger partial charge in [0.25, 0.3) is 0 Å². The highest BCUT2D eigenvalue weighted by atomic mass is 16.3. The number of rotatable bonds is 3. The smallest absolute Gasteiger partial charge is 0.106 e. The van der Waals surface area contributed by atoms with E-state index in [1.54, 1.807) is 0 Å². The highest BCUT2D eigenvalue weighted by Crippen LogP contribution is 2.18. The van der Waals surface area contributed by atoms with Crippen molar-refractivity contribution in [2.24, 2.45) is 5.41 Å². The summed E-state index contributed by atoms with van der Waals surface area (Å²) in [6.07, 6.45) is -0.0893. The number of hydrogen-bond acceptors (Lipinski definition) is 2. The van der Waals surface area contributed by atoms with Crippen LogP contribution >= 0.6 is 0 Å². The van der Waals surface area contributed by atoms with Gasteiger partial charge in [0.2, 0.25) is 0 Å². The summed E-state index contributed by atoms with van der Waals surface area (Å²) >= 11 is 0. The van der Waals surface area contributed by atoms with Crippen LogP contribution in [0.15, 0.2) is 6.07 Å². The quantitative estimate of drug-likeness (QED) is 0.817. The minimum absolute atomic E-state index is 0.0133. The molecule has 0 saturated carbocycles. The van der Waals surface area contributed by atoms with Crippen LogP contribution in [0, 0.1) is 24.2 Å². The summed E-state index contributed by atoms with van der Waals surface area (Å²) in [5.41, 5.74) is 1.78. The van der Waals surface area contributed by atoms with Gasteiger partial charge < -0.3 is 5.11 Å². The van der Waals surface area contributed by atoms with Crippen LogP contribution in [0.3, 0.4) is 0 Å². The van der Waals surface area contributed by atoms with Crippen molar-refractivity contribution in [3.05, 3.63) is 17.5 Å². The van der Waals surface area contributed by atoms with E-state index in [9.17, 15) is 5.11 Å². The summed E-state index contributed by atoms with van der Waals surface area (Å²) in [4.78, 5) is 0. The molecule has 1 unspecified atom stereocenters. The van der Waals surface area contributed by atoms with Gasteiger partial charge in [-0.1, -0.05) is 11.8 Å². The molecule has 0 aliphatic rings. The van der Waals surface area contributed by atoms with Gasteiger partial charge in [-0.2, -0.15) is 5.10 Å². The Bertz CT molecular complexity index is 429. The predicted octanol–water partition coefficient (Wildman–Crippen LogP) is 2.68. The van der Waals surface area contributed by atoms with Gasteiger partial charge in [0.05, 0.1) is 11.4 Å². The highest BCUT2D eigenvalue weighted by Gasteiger charge is 2.13. The van der Waals surface area contributed by atoms with Crippen molar-refractivity contribution in [2.45, 2.75) is 53.7 Å². The first-order chi connectivity index (χ1) is 7.83. The van der Waals surface area contributed by atoms with Gasteiger partial charge in [-0.3, -0.25) is 4.68 Å². The summed E-state index contributed by atoms with van der Waals surface area (Å²) in [5, 5.41) is 14.4. The Morgan fingerprint density at radius 3 is 2.65 bits per heavy atom. The zero-order valence-electron chi connectivity index (χ0n) is 11.4. The molecule has 1 rings (SSSR count). The Balaban J connectivity index is 2.75. The second-order valence-electron chi connectivity index (χ2n) is 5.30. The summed E-state index contributed by atoms with van der Waals surface area (Å²) in [6.45, 7) is 10.9. The molecule has 0 aliphatic heterocycles. The van der Waals surface area contributed by atoms with Crippen LogP contribution in [0.2, 0.25) is 0 Å². The first-order valence-corrected chi connectivity index (χ1v) is 6.06. The lowest BCUT2D eigenvalue weighted by atomic mass is 9.97. The molecule has 0 fully saturated rings. The van der Waals surface area contributed by atoms with E-state index >= 15 is 0 Å². The highest BCUT2D eigenvalue weighted by molar-refractivity contribution is 5.15. The van der Waals surface area contributed by atoms with Gasteiger partial charge in [-0.15, -0.1) is 0 Å². The first kappa shape index (κ1) is 13.8. The molecule has 0 spiro atoms. The minimum Gasteiger partial charge on any atom is -0.386 e. The molecule has 0 saturated heterocycles. The van der Waals surface area contributed by atoms with Crippen molar-refractivity contribution in [2.75, 3.05) is 0 Å². The molecule has 0 radical (unpaired) electrons. The number of hydrogen-bond donors (Lipinski definition) is 1. The number of nitrogens with zero attached hydrogens (tertiary/aromatic N) is 2. The van der Waals surface area contributed by atoms with Crippen LogP contribution in [-0.4, -0.2) is 14.9 Å². The fraction of sp³-hybridized carbons (Fsp3) is 0.643. The second kappa shape index (κ2) is 5.37. The van der Waals surface area contributed by atoms with E-state index in [1.807, 2.05) is 24.6 Å². The third-order valence-electron chi connectivity index (χ3n) is 2.33. The summed E-state index contributed by atoms with van der Waals surface area (Å²) in [7, 11) is 0. The lowest BCUT2D eigenvalue weighted by molar-refractivity contribution is 0.172. The normalized spacial score (nSPS) is 13.1. The molecular weight excluding hydrogens is 212 g/mol. The average molecular weight is 234 g/mol. The van der Waals surface area contributed by atoms with Crippen molar-refractivity contribution >= 4 is 0 Å². The molecule has 1 aromatic rings. The fourth-order valence-corrected chi connectivity index (χ4v) is 1.60. The van der Waals surface area contributed by atoms with E-state index < -0.39 is 6.10 Å². The largest absolute Gasteiger partial charge is 0.386 e. The molecule has 0 bridgehead atoms. The Kier molecular flexibility index (Phi) is 4.36. The van der Waals surface area contributed by atoms with Crippen molar-refractivity contribution in [3.8, 4) is 11.8 Å². The van der Waals surface area contributed by atoms with Crippen LogP contribution < -0.4 is 0 Å². The second-order valence-corrected chi connectivity index (χ2v) is 5.30.